The molecule has 3 nitrogen and oxygen atoms in total. The highest BCUT2D eigenvalue weighted by molar-refractivity contribution is 5.92. The van der Waals surface area contributed by atoms with Gasteiger partial charge >= 0.3 is 0 Å². The molecule has 0 bridgehead atoms. The van der Waals surface area contributed by atoms with Crippen LogP contribution in [0.15, 0.2) is 140 Å². The number of hydrogen-bond acceptors (Lipinski definition) is 3. The van der Waals surface area contributed by atoms with Gasteiger partial charge in [-0.05, 0) is 58.1 Å². The van der Waals surface area contributed by atoms with Gasteiger partial charge < -0.3 is 4.90 Å². The molecule has 0 N–H and O–H groups in total. The highest BCUT2D eigenvalue weighted by Crippen LogP contribution is 2.51. The van der Waals surface area contributed by atoms with Gasteiger partial charge in [-0.15, -0.1) is 0 Å². The predicted molar refractivity (Wildman–Crippen MR) is 159 cm³/mol. The number of allylic oxidation sites excluding steroid dienone is 2. The molecular formula is C36H25N3. The van der Waals surface area contributed by atoms with Crippen molar-refractivity contribution in [3.63, 3.8) is 0 Å². The Morgan fingerprint density at radius 3 is 2.05 bits per heavy atom. The Bertz CT molecular complexity index is 1760. The molecule has 39 heavy (non-hydrogen) atoms. The molecule has 0 fully saturated rings. The maximum Gasteiger partial charge on any atom is 0.0998 e. The number of nitriles is 1. The highest BCUT2D eigenvalue weighted by atomic mass is 15.2. The van der Waals surface area contributed by atoms with Gasteiger partial charge in [-0.2, -0.15) is 5.26 Å². The summed E-state index contributed by atoms with van der Waals surface area (Å²) in [6.45, 7) is 0. The minimum Gasteiger partial charge on any atom is -0.333 e. The lowest BCUT2D eigenvalue weighted by atomic mass is 9.90. The predicted octanol–water partition coefficient (Wildman–Crippen LogP) is 8.68. The first kappa shape index (κ1) is 23.0. The van der Waals surface area contributed by atoms with Gasteiger partial charge in [-0.25, -0.2) is 0 Å². The maximum atomic E-state index is 10.3. The van der Waals surface area contributed by atoms with Crippen molar-refractivity contribution in [2.24, 2.45) is 0 Å². The minimum absolute atomic E-state index is 0.122. The number of fused-ring (bicyclic) bond motifs is 3. The summed E-state index contributed by atoms with van der Waals surface area (Å²) in [6, 6.07) is 38.6. The summed E-state index contributed by atoms with van der Waals surface area (Å²) >= 11 is 0. The van der Waals surface area contributed by atoms with Crippen molar-refractivity contribution in [1.29, 1.82) is 5.26 Å². The minimum atomic E-state index is 0.122. The van der Waals surface area contributed by atoms with E-state index in [9.17, 15) is 5.26 Å². The third kappa shape index (κ3) is 3.95. The monoisotopic (exact) mass is 499 g/mol. The largest absolute Gasteiger partial charge is 0.333 e. The average Bonchev–Trinajstić information content (AvgIpc) is 3.35. The van der Waals surface area contributed by atoms with Crippen LogP contribution in [-0.4, -0.2) is 11.0 Å². The molecule has 0 saturated heterocycles. The van der Waals surface area contributed by atoms with Crippen molar-refractivity contribution < 1.29 is 0 Å². The lowest BCUT2D eigenvalue weighted by Crippen LogP contribution is -2.29. The van der Waals surface area contributed by atoms with Crippen LogP contribution in [0.4, 0.5) is 11.4 Å². The van der Waals surface area contributed by atoms with E-state index in [2.05, 4.69) is 119 Å². The molecule has 2 unspecified atom stereocenters. The van der Waals surface area contributed by atoms with Gasteiger partial charge in [0.25, 0.3) is 0 Å². The number of anilines is 2. The lowest BCUT2D eigenvalue weighted by Gasteiger charge is -2.31. The number of pyridine rings is 1. The first-order valence-corrected chi connectivity index (χ1v) is 13.2. The third-order valence-electron chi connectivity index (χ3n) is 7.75. The van der Waals surface area contributed by atoms with Crippen LogP contribution in [0.3, 0.4) is 0 Å². The van der Waals surface area contributed by atoms with E-state index in [1.54, 1.807) is 12.4 Å². The molecule has 1 aliphatic heterocycles. The van der Waals surface area contributed by atoms with Crippen molar-refractivity contribution in [3.8, 4) is 39.4 Å². The summed E-state index contributed by atoms with van der Waals surface area (Å²) < 4.78 is 0. The van der Waals surface area contributed by atoms with Gasteiger partial charge in [-0.1, -0.05) is 97.1 Å². The summed E-state index contributed by atoms with van der Waals surface area (Å²) in [5, 5.41) is 10.3. The molecule has 5 aromatic rings. The topological polar surface area (TPSA) is 39.9 Å². The van der Waals surface area contributed by atoms with Crippen LogP contribution in [0.1, 0.15) is 17.0 Å². The Balaban J connectivity index is 1.49. The molecule has 0 spiro atoms. The Morgan fingerprint density at radius 2 is 1.31 bits per heavy atom. The molecule has 2 atom stereocenters. The fourth-order valence-electron chi connectivity index (χ4n) is 5.92. The molecule has 2 aliphatic rings. The van der Waals surface area contributed by atoms with E-state index in [1.807, 2.05) is 24.3 Å². The number of benzene rings is 4. The van der Waals surface area contributed by atoms with E-state index in [0.717, 1.165) is 27.9 Å². The standard InChI is InChI=1S/C36H25N3/c37-24-29-22-36(33(26-11-5-2-6-12-26)23-32(29)27-17-19-38-20-18-27)39-34-14-8-7-13-30(34)31-16-15-28(21-35(31)39)25-9-3-1-4-10-25/h1-23,30,34H. The molecule has 3 heteroatoms. The first-order valence-electron chi connectivity index (χ1n) is 13.2. The number of nitrogens with zero attached hydrogens (tertiary/aromatic N) is 3. The summed E-state index contributed by atoms with van der Waals surface area (Å²) in [4.78, 5) is 6.62. The molecular weight excluding hydrogens is 474 g/mol. The molecule has 0 amide bonds. The second-order valence-corrected chi connectivity index (χ2v) is 9.92. The number of rotatable bonds is 4. The van der Waals surface area contributed by atoms with E-state index in [0.29, 0.717) is 5.56 Å². The van der Waals surface area contributed by atoms with Gasteiger partial charge in [0.05, 0.1) is 23.4 Å². The van der Waals surface area contributed by atoms with Gasteiger partial charge in [0, 0.05) is 35.1 Å². The van der Waals surface area contributed by atoms with Crippen LogP contribution in [0, 0.1) is 11.3 Å². The molecule has 2 heterocycles. The molecule has 4 aromatic carbocycles. The number of aromatic nitrogens is 1. The molecule has 0 radical (unpaired) electrons. The zero-order valence-electron chi connectivity index (χ0n) is 21.3. The van der Waals surface area contributed by atoms with E-state index >= 15 is 0 Å². The zero-order chi connectivity index (χ0) is 26.2. The second-order valence-electron chi connectivity index (χ2n) is 9.92. The van der Waals surface area contributed by atoms with E-state index in [1.165, 1.54) is 22.4 Å². The molecule has 184 valence electrons. The maximum absolute atomic E-state index is 10.3. The zero-order valence-corrected chi connectivity index (χ0v) is 21.3. The molecule has 1 aliphatic carbocycles. The quantitative estimate of drug-likeness (QED) is 0.248. The van der Waals surface area contributed by atoms with Crippen molar-refractivity contribution in [2.75, 3.05) is 4.90 Å². The first-order chi connectivity index (χ1) is 19.3. The van der Waals surface area contributed by atoms with Crippen LogP contribution >= 0.6 is 0 Å². The molecule has 0 saturated carbocycles. The normalized spacial score (nSPS) is 16.9. The van der Waals surface area contributed by atoms with E-state index in [-0.39, 0.29) is 12.0 Å². The van der Waals surface area contributed by atoms with Gasteiger partial charge in [0.2, 0.25) is 0 Å². The molecule has 7 rings (SSSR count). The van der Waals surface area contributed by atoms with Crippen molar-refractivity contribution >= 4 is 11.4 Å². The van der Waals surface area contributed by atoms with Crippen LogP contribution in [0.2, 0.25) is 0 Å². The Hall–Kier alpha value is -5.20. The van der Waals surface area contributed by atoms with E-state index in [4.69, 9.17) is 0 Å². The highest BCUT2D eigenvalue weighted by Gasteiger charge is 2.38. The molecule has 1 aromatic heterocycles. The summed E-state index contributed by atoms with van der Waals surface area (Å²) in [5.74, 6) is 0.240. The van der Waals surface area contributed by atoms with Gasteiger partial charge in [-0.3, -0.25) is 4.98 Å². The van der Waals surface area contributed by atoms with Gasteiger partial charge in [0.15, 0.2) is 0 Å². The van der Waals surface area contributed by atoms with Crippen LogP contribution in [-0.2, 0) is 0 Å². The van der Waals surface area contributed by atoms with Crippen LogP contribution in [0.5, 0.6) is 0 Å². The summed E-state index contributed by atoms with van der Waals surface area (Å²) in [6.07, 6.45) is 12.4. The number of hydrogen-bond donors (Lipinski definition) is 0. The lowest BCUT2D eigenvalue weighted by molar-refractivity contribution is 0.745. The summed E-state index contributed by atoms with van der Waals surface area (Å²) in [5.41, 5.74) is 10.7. The Kier molecular flexibility index (Phi) is 5.65. The second kappa shape index (κ2) is 9.59. The van der Waals surface area contributed by atoms with Crippen molar-refractivity contribution in [3.05, 3.63) is 151 Å². The van der Waals surface area contributed by atoms with Crippen LogP contribution in [0.25, 0.3) is 33.4 Å². The van der Waals surface area contributed by atoms with Gasteiger partial charge in [0.1, 0.15) is 0 Å². The van der Waals surface area contributed by atoms with E-state index < -0.39 is 0 Å². The van der Waals surface area contributed by atoms with Crippen molar-refractivity contribution in [1.82, 2.24) is 4.98 Å². The average molecular weight is 500 g/mol. The Labute approximate surface area is 228 Å². The Morgan fingerprint density at radius 1 is 0.615 bits per heavy atom. The van der Waals surface area contributed by atoms with Crippen molar-refractivity contribution in [2.45, 2.75) is 12.0 Å². The fourth-order valence-corrected chi connectivity index (χ4v) is 5.92. The summed E-state index contributed by atoms with van der Waals surface area (Å²) in [7, 11) is 0. The third-order valence-corrected chi connectivity index (χ3v) is 7.75. The fraction of sp³-hybridized carbons (Fsp3) is 0.0556. The smallest absolute Gasteiger partial charge is 0.0998 e. The van der Waals surface area contributed by atoms with Crippen LogP contribution < -0.4 is 4.90 Å². The SMILES string of the molecule is N#Cc1cc(N2c3cc(-c4ccccc4)ccc3C3C=CC=CC32)c(-c2ccccc2)cc1-c1ccncc1.